The number of piperazine rings is 1. The summed E-state index contributed by atoms with van der Waals surface area (Å²) in [7, 11) is 0. The molecule has 0 spiro atoms. The number of ether oxygens (including phenoxy) is 1. The highest BCUT2D eigenvalue weighted by Gasteiger charge is 2.42. The number of rotatable bonds is 4. The van der Waals surface area contributed by atoms with Crippen molar-refractivity contribution in [3.8, 4) is 0 Å². The Morgan fingerprint density at radius 3 is 2.48 bits per heavy atom. The Kier molecular flexibility index (Phi) is 6.36. The van der Waals surface area contributed by atoms with Crippen molar-refractivity contribution < 1.29 is 14.3 Å². The zero-order valence-electron chi connectivity index (χ0n) is 17.2. The summed E-state index contributed by atoms with van der Waals surface area (Å²) in [6.45, 7) is 4.76. The molecule has 0 aliphatic carbocycles. The third kappa shape index (κ3) is 4.64. The minimum Gasteiger partial charge on any atom is -0.465 e. The quantitative estimate of drug-likeness (QED) is 0.578. The molecule has 2 aliphatic heterocycles. The largest absolute Gasteiger partial charge is 0.465 e. The lowest BCUT2D eigenvalue weighted by Crippen LogP contribution is -2.57. The van der Waals surface area contributed by atoms with E-state index >= 15 is 0 Å². The van der Waals surface area contributed by atoms with Crippen LogP contribution in [-0.4, -0.2) is 60.5 Å². The molecule has 0 radical (unpaired) electrons. The smallest absolute Gasteiger partial charge is 0.321 e. The van der Waals surface area contributed by atoms with Crippen LogP contribution >= 0.6 is 11.6 Å². The summed E-state index contributed by atoms with van der Waals surface area (Å²) in [5, 5.41) is 3.39. The predicted molar refractivity (Wildman–Crippen MR) is 118 cm³/mol. The topological polar surface area (TPSA) is 87.1 Å². The second-order valence-electron chi connectivity index (χ2n) is 7.33. The van der Waals surface area contributed by atoms with Crippen LogP contribution in [0.5, 0.6) is 0 Å². The molecule has 31 heavy (non-hydrogen) atoms. The summed E-state index contributed by atoms with van der Waals surface area (Å²) in [4.78, 5) is 38.9. The minimum absolute atomic E-state index is 0.196. The Labute approximate surface area is 185 Å². The first kappa shape index (κ1) is 21.1. The molecule has 2 aliphatic rings. The molecule has 3 heterocycles. The molecule has 1 amide bonds. The summed E-state index contributed by atoms with van der Waals surface area (Å²) in [6, 6.07) is 12.2. The molecule has 0 unspecified atom stereocenters. The molecule has 1 N–H and O–H groups in total. The van der Waals surface area contributed by atoms with Gasteiger partial charge in [0.25, 0.3) is 0 Å². The van der Waals surface area contributed by atoms with Gasteiger partial charge < -0.3 is 14.5 Å². The van der Waals surface area contributed by atoms with Crippen LogP contribution in [-0.2, 0) is 14.3 Å². The molecule has 1 saturated heterocycles. The van der Waals surface area contributed by atoms with Gasteiger partial charge in [-0.05, 0) is 36.8 Å². The lowest BCUT2D eigenvalue weighted by molar-refractivity contribution is -0.153. The lowest BCUT2D eigenvalue weighted by atomic mass is 9.91. The average Bonchev–Trinajstić information content (AvgIpc) is 2.80. The number of hydrogen-bond acceptors (Lipinski definition) is 7. The molecule has 2 atom stereocenters. The summed E-state index contributed by atoms with van der Waals surface area (Å²) in [5.74, 6) is -0.623. The molecule has 1 aromatic heterocycles. The van der Waals surface area contributed by atoms with Gasteiger partial charge in [0, 0.05) is 37.4 Å². The van der Waals surface area contributed by atoms with Crippen molar-refractivity contribution >= 4 is 35.3 Å². The molecule has 162 valence electrons. The molecule has 8 nitrogen and oxygen atoms in total. The van der Waals surface area contributed by atoms with Gasteiger partial charge in [0.2, 0.25) is 11.9 Å². The van der Waals surface area contributed by atoms with Crippen LogP contribution in [0.3, 0.4) is 0 Å². The van der Waals surface area contributed by atoms with Crippen LogP contribution in [0, 0.1) is 5.92 Å². The second kappa shape index (κ2) is 9.34. The summed E-state index contributed by atoms with van der Waals surface area (Å²) >= 11 is 6.02. The number of carbonyl (C=O) groups excluding carboxylic acids is 2. The van der Waals surface area contributed by atoms with Crippen LogP contribution in [0.2, 0.25) is 5.02 Å². The van der Waals surface area contributed by atoms with Gasteiger partial charge in [-0.1, -0.05) is 29.8 Å². The van der Waals surface area contributed by atoms with Crippen LogP contribution in [0.15, 0.2) is 53.7 Å². The first-order chi connectivity index (χ1) is 15.1. The summed E-state index contributed by atoms with van der Waals surface area (Å²) in [6.07, 6.45) is 1.78. The van der Waals surface area contributed by atoms with Crippen molar-refractivity contribution in [3.05, 3.63) is 59.2 Å². The molecule has 9 heteroatoms. The van der Waals surface area contributed by atoms with Crippen molar-refractivity contribution in [1.82, 2.24) is 15.2 Å². The molecule has 2 aromatic rings. The number of aromatic nitrogens is 1. The van der Waals surface area contributed by atoms with E-state index in [1.165, 1.54) is 0 Å². The van der Waals surface area contributed by atoms with Gasteiger partial charge >= 0.3 is 5.97 Å². The Morgan fingerprint density at radius 2 is 1.84 bits per heavy atom. The number of nitrogens with one attached hydrogen (secondary N) is 1. The number of halogens is 1. The van der Waals surface area contributed by atoms with Crippen LogP contribution in [0.25, 0.3) is 0 Å². The monoisotopic (exact) mass is 441 g/mol. The molecule has 4 rings (SSSR count). The standard InChI is InChI=1S/C22H24ClN5O3/c1-2-31-21(30)18-19(15-6-8-16(23)9-7-15)25-22(26-20(18)29)28-13-11-27(12-14-28)17-5-3-4-10-24-17/h3-10,18-19H,2,11-14H2,1H3,(H,25,26,29)/t18-,19+/m1/s1. The van der Waals surface area contributed by atoms with E-state index in [0.29, 0.717) is 24.1 Å². The third-order valence-electron chi connectivity index (χ3n) is 5.40. The number of pyridine rings is 1. The molecule has 1 fully saturated rings. The van der Waals surface area contributed by atoms with E-state index in [1.54, 1.807) is 37.4 Å². The number of nitrogens with zero attached hydrogens (tertiary/aromatic N) is 4. The van der Waals surface area contributed by atoms with Crippen molar-refractivity contribution in [2.24, 2.45) is 10.9 Å². The van der Waals surface area contributed by atoms with Crippen molar-refractivity contribution in [3.63, 3.8) is 0 Å². The number of amides is 1. The van der Waals surface area contributed by atoms with E-state index in [4.69, 9.17) is 21.3 Å². The number of guanidine groups is 1. The maximum Gasteiger partial charge on any atom is 0.321 e. The van der Waals surface area contributed by atoms with Crippen LogP contribution < -0.4 is 10.2 Å². The highest BCUT2D eigenvalue weighted by Crippen LogP contribution is 2.31. The zero-order chi connectivity index (χ0) is 21.8. The van der Waals surface area contributed by atoms with E-state index < -0.39 is 23.8 Å². The lowest BCUT2D eigenvalue weighted by Gasteiger charge is -2.39. The molecular formula is C22H24ClN5O3. The first-order valence-corrected chi connectivity index (χ1v) is 10.7. The van der Waals surface area contributed by atoms with E-state index in [1.807, 2.05) is 23.1 Å². The van der Waals surface area contributed by atoms with Gasteiger partial charge in [-0.2, -0.15) is 0 Å². The molecule has 0 bridgehead atoms. The number of aliphatic imine (C=N–C) groups is 1. The number of hydrogen-bond donors (Lipinski definition) is 1. The van der Waals surface area contributed by atoms with Crippen molar-refractivity contribution in [2.45, 2.75) is 13.0 Å². The van der Waals surface area contributed by atoms with Crippen molar-refractivity contribution in [2.75, 3.05) is 37.7 Å². The maximum atomic E-state index is 12.9. The number of esters is 1. The fourth-order valence-electron chi connectivity index (χ4n) is 3.81. The molecular weight excluding hydrogens is 418 g/mol. The van der Waals surface area contributed by atoms with Crippen LogP contribution in [0.4, 0.5) is 5.82 Å². The Morgan fingerprint density at radius 1 is 1.13 bits per heavy atom. The highest BCUT2D eigenvalue weighted by atomic mass is 35.5. The van der Waals surface area contributed by atoms with Gasteiger partial charge in [-0.15, -0.1) is 0 Å². The second-order valence-corrected chi connectivity index (χ2v) is 7.77. The number of anilines is 1. The summed E-state index contributed by atoms with van der Waals surface area (Å²) in [5.41, 5.74) is 0.738. The van der Waals surface area contributed by atoms with E-state index in [2.05, 4.69) is 15.2 Å². The fraction of sp³-hybridized carbons (Fsp3) is 0.364. The number of benzene rings is 1. The molecule has 1 aromatic carbocycles. The first-order valence-electron chi connectivity index (χ1n) is 10.3. The minimum atomic E-state index is -1.04. The fourth-order valence-corrected chi connectivity index (χ4v) is 3.94. The zero-order valence-corrected chi connectivity index (χ0v) is 18.0. The Balaban J connectivity index is 1.56. The van der Waals surface area contributed by atoms with Crippen molar-refractivity contribution in [1.29, 1.82) is 0 Å². The highest BCUT2D eigenvalue weighted by molar-refractivity contribution is 6.30. The van der Waals surface area contributed by atoms with Gasteiger partial charge in [-0.3, -0.25) is 14.9 Å². The van der Waals surface area contributed by atoms with E-state index in [0.717, 1.165) is 24.5 Å². The van der Waals surface area contributed by atoms with Gasteiger partial charge in [-0.25, -0.2) is 9.98 Å². The SMILES string of the molecule is CCOC(=O)[C@H]1C(=O)NC(N2CCN(c3ccccn3)CC2)=N[C@H]1c1ccc(Cl)cc1. The van der Waals surface area contributed by atoms with E-state index in [9.17, 15) is 9.59 Å². The normalized spacial score (nSPS) is 21.4. The van der Waals surface area contributed by atoms with Crippen LogP contribution in [0.1, 0.15) is 18.5 Å². The third-order valence-corrected chi connectivity index (χ3v) is 5.65. The Hall–Kier alpha value is -3.13. The maximum absolute atomic E-state index is 12.9. The molecule has 0 saturated carbocycles. The van der Waals surface area contributed by atoms with Gasteiger partial charge in [0.15, 0.2) is 5.92 Å². The summed E-state index contributed by atoms with van der Waals surface area (Å²) < 4.78 is 5.15. The Bertz CT molecular complexity index is 959. The van der Waals surface area contributed by atoms with Gasteiger partial charge in [0.05, 0.1) is 6.61 Å². The van der Waals surface area contributed by atoms with E-state index in [-0.39, 0.29) is 6.61 Å². The van der Waals surface area contributed by atoms with Gasteiger partial charge in [0.1, 0.15) is 11.9 Å². The average molecular weight is 442 g/mol. The predicted octanol–water partition coefficient (Wildman–Crippen LogP) is 2.26. The number of carbonyl (C=O) groups is 2.